The SMILES string of the molecule is Clc1ccc(-[n+]2cc(-c3ccccc3)c(-c3ccccc3)c(-c3ccccc3)c2-c2ccccc2)cc1.[O-][Cl+3]([O-])([O-])[O-]. The Kier molecular flexibility index (Phi) is 9.10. The van der Waals surface area contributed by atoms with E-state index in [0.29, 0.717) is 0 Å². The number of rotatable bonds is 5. The van der Waals surface area contributed by atoms with Gasteiger partial charge in [0.25, 0.3) is 0 Å². The van der Waals surface area contributed by atoms with E-state index in [0.717, 1.165) is 22.0 Å². The third kappa shape index (κ3) is 7.11. The van der Waals surface area contributed by atoms with E-state index >= 15 is 0 Å². The molecule has 0 bridgehead atoms. The van der Waals surface area contributed by atoms with Gasteiger partial charge in [-0.1, -0.05) is 121 Å². The minimum atomic E-state index is -4.94. The second kappa shape index (κ2) is 13.1. The van der Waals surface area contributed by atoms with E-state index < -0.39 is 10.2 Å². The summed E-state index contributed by atoms with van der Waals surface area (Å²) in [6, 6.07) is 50.8. The van der Waals surface area contributed by atoms with Crippen LogP contribution >= 0.6 is 11.6 Å². The summed E-state index contributed by atoms with van der Waals surface area (Å²) >= 11 is 6.31. The highest BCUT2D eigenvalue weighted by Gasteiger charge is 2.29. The predicted octanol–water partition coefficient (Wildman–Crippen LogP) is 4.53. The molecule has 0 aliphatic carbocycles. The fraction of sp³-hybridized carbons (Fsp3) is 0. The molecule has 0 N–H and O–H groups in total. The van der Waals surface area contributed by atoms with E-state index in [1.165, 1.54) is 33.4 Å². The van der Waals surface area contributed by atoms with Gasteiger partial charge in [-0.25, -0.2) is 18.6 Å². The molecule has 0 aliphatic heterocycles. The van der Waals surface area contributed by atoms with Gasteiger partial charge in [-0.2, -0.15) is 4.57 Å². The first-order chi connectivity index (χ1) is 20.3. The number of pyridine rings is 1. The molecule has 5 nitrogen and oxygen atoms in total. The standard InChI is InChI=1S/C35H25ClN.ClHO4/c36-30-21-23-31(24-22-30)37-25-32(26-13-5-1-6-14-26)33(27-15-7-2-8-16-27)34(28-17-9-3-10-18-28)35(37)29-19-11-4-12-20-29;2-1(3,4)5/h1-25H;(H,2,3,4,5)/q+1;/p-1. The van der Waals surface area contributed by atoms with Crippen LogP contribution in [0.5, 0.6) is 0 Å². The summed E-state index contributed by atoms with van der Waals surface area (Å²) in [5.74, 6) is 0. The highest BCUT2D eigenvalue weighted by Crippen LogP contribution is 2.44. The van der Waals surface area contributed by atoms with Crippen molar-refractivity contribution in [3.63, 3.8) is 0 Å². The van der Waals surface area contributed by atoms with Crippen molar-refractivity contribution in [3.05, 3.63) is 157 Å². The molecule has 6 aromatic rings. The first-order valence-electron chi connectivity index (χ1n) is 13.0. The zero-order chi connectivity index (χ0) is 29.5. The van der Waals surface area contributed by atoms with Gasteiger partial charge in [0, 0.05) is 28.3 Å². The number of hydrogen-bond acceptors (Lipinski definition) is 4. The first kappa shape index (κ1) is 29.2. The maximum Gasteiger partial charge on any atom is 0.226 e. The van der Waals surface area contributed by atoms with E-state index in [1.807, 2.05) is 12.1 Å². The third-order valence-corrected chi connectivity index (χ3v) is 6.87. The largest absolute Gasteiger partial charge is 0.226 e. The molecule has 7 heteroatoms. The van der Waals surface area contributed by atoms with Crippen LogP contribution in [0.2, 0.25) is 5.02 Å². The molecular weight excluding hydrogens is 569 g/mol. The fourth-order valence-corrected chi connectivity index (χ4v) is 5.07. The summed E-state index contributed by atoms with van der Waals surface area (Å²) in [7, 11) is -4.94. The highest BCUT2D eigenvalue weighted by molar-refractivity contribution is 6.30. The molecular formula is C35H25Cl2NO4. The van der Waals surface area contributed by atoms with Gasteiger partial charge in [0.1, 0.15) is 0 Å². The molecule has 0 saturated carbocycles. The Balaban J connectivity index is 0.000000652. The summed E-state index contributed by atoms with van der Waals surface area (Å²) in [6.45, 7) is 0. The Morgan fingerprint density at radius 2 is 0.833 bits per heavy atom. The summed E-state index contributed by atoms with van der Waals surface area (Å²) < 4.78 is 36.3. The molecule has 0 amide bonds. The van der Waals surface area contributed by atoms with Crippen LogP contribution in [0.25, 0.3) is 50.3 Å². The van der Waals surface area contributed by atoms with Crippen molar-refractivity contribution < 1.29 is 33.4 Å². The maximum atomic E-state index is 8.49. The average Bonchev–Trinajstić information content (AvgIpc) is 3.01. The van der Waals surface area contributed by atoms with Crippen molar-refractivity contribution in [2.75, 3.05) is 0 Å². The smallest absolute Gasteiger partial charge is 0.222 e. The molecule has 0 aliphatic rings. The van der Waals surface area contributed by atoms with Crippen LogP contribution < -0.4 is 23.2 Å². The quantitative estimate of drug-likeness (QED) is 0.274. The molecule has 0 unspecified atom stereocenters. The normalized spacial score (nSPS) is 11.0. The van der Waals surface area contributed by atoms with Crippen LogP contribution in [0.1, 0.15) is 0 Å². The second-order valence-corrected chi connectivity index (χ2v) is 10.5. The minimum Gasteiger partial charge on any atom is -0.222 e. The lowest BCUT2D eigenvalue weighted by Crippen LogP contribution is -2.68. The molecule has 0 spiro atoms. The minimum absolute atomic E-state index is 0.720. The number of nitrogens with zero attached hydrogens (tertiary/aromatic N) is 1. The van der Waals surface area contributed by atoms with E-state index in [2.05, 4.69) is 144 Å². The van der Waals surface area contributed by atoms with Crippen LogP contribution in [0.3, 0.4) is 0 Å². The van der Waals surface area contributed by atoms with Gasteiger partial charge in [0.15, 0.2) is 6.20 Å². The van der Waals surface area contributed by atoms with Crippen molar-refractivity contribution >= 4 is 11.6 Å². The zero-order valence-electron chi connectivity index (χ0n) is 22.3. The summed E-state index contributed by atoms with van der Waals surface area (Å²) in [5.41, 5.74) is 10.4. The Labute approximate surface area is 251 Å². The summed E-state index contributed by atoms with van der Waals surface area (Å²) in [4.78, 5) is 0. The molecule has 1 aromatic heterocycles. The van der Waals surface area contributed by atoms with Crippen molar-refractivity contribution in [1.29, 1.82) is 0 Å². The number of hydrogen-bond donors (Lipinski definition) is 0. The Bertz CT molecular complexity index is 1740. The number of halogens is 2. The average molecular weight is 594 g/mol. The Morgan fingerprint density at radius 3 is 1.29 bits per heavy atom. The molecule has 0 radical (unpaired) electrons. The van der Waals surface area contributed by atoms with E-state index in [4.69, 9.17) is 30.2 Å². The molecule has 6 rings (SSSR count). The fourth-order valence-electron chi connectivity index (χ4n) is 4.94. The van der Waals surface area contributed by atoms with Crippen LogP contribution in [-0.4, -0.2) is 0 Å². The third-order valence-electron chi connectivity index (χ3n) is 6.62. The van der Waals surface area contributed by atoms with Gasteiger partial charge in [-0.3, -0.25) is 0 Å². The molecule has 1 heterocycles. The van der Waals surface area contributed by atoms with Gasteiger partial charge in [-0.15, -0.1) is 10.2 Å². The number of benzene rings is 5. The van der Waals surface area contributed by atoms with E-state index in [-0.39, 0.29) is 0 Å². The molecule has 0 fully saturated rings. The summed E-state index contributed by atoms with van der Waals surface area (Å²) in [5, 5.41) is 0.720. The number of aromatic nitrogens is 1. The maximum absolute atomic E-state index is 8.49. The van der Waals surface area contributed by atoms with Gasteiger partial charge in [-0.05, 0) is 41.0 Å². The van der Waals surface area contributed by atoms with Crippen LogP contribution in [-0.2, 0) is 0 Å². The molecule has 5 aromatic carbocycles. The zero-order valence-corrected chi connectivity index (χ0v) is 23.8. The topological polar surface area (TPSA) is 96.1 Å². The van der Waals surface area contributed by atoms with Crippen molar-refractivity contribution in [2.45, 2.75) is 0 Å². The Morgan fingerprint density at radius 1 is 0.452 bits per heavy atom. The lowest BCUT2D eigenvalue weighted by molar-refractivity contribution is -2.00. The second-order valence-electron chi connectivity index (χ2n) is 9.33. The molecule has 208 valence electrons. The van der Waals surface area contributed by atoms with Crippen molar-refractivity contribution in [3.8, 4) is 50.3 Å². The van der Waals surface area contributed by atoms with Crippen LogP contribution in [0.15, 0.2) is 152 Å². The molecule has 0 saturated heterocycles. The first-order valence-corrected chi connectivity index (χ1v) is 14.6. The lowest BCUT2D eigenvalue weighted by Gasteiger charge is -2.19. The summed E-state index contributed by atoms with van der Waals surface area (Å²) in [6.07, 6.45) is 2.27. The van der Waals surface area contributed by atoms with Crippen molar-refractivity contribution in [2.24, 2.45) is 0 Å². The van der Waals surface area contributed by atoms with Gasteiger partial charge >= 0.3 is 0 Å². The van der Waals surface area contributed by atoms with E-state index in [9.17, 15) is 0 Å². The lowest BCUT2D eigenvalue weighted by atomic mass is 9.85. The highest BCUT2D eigenvalue weighted by atomic mass is 35.7. The van der Waals surface area contributed by atoms with Gasteiger partial charge in [0.2, 0.25) is 11.4 Å². The van der Waals surface area contributed by atoms with Gasteiger partial charge < -0.3 is 0 Å². The van der Waals surface area contributed by atoms with Crippen molar-refractivity contribution in [1.82, 2.24) is 0 Å². The predicted molar refractivity (Wildman–Crippen MR) is 155 cm³/mol. The van der Waals surface area contributed by atoms with Crippen LogP contribution in [0, 0.1) is 10.2 Å². The van der Waals surface area contributed by atoms with Crippen LogP contribution in [0.4, 0.5) is 0 Å². The monoisotopic (exact) mass is 593 g/mol. The van der Waals surface area contributed by atoms with E-state index in [1.54, 1.807) is 0 Å². The molecule has 0 atom stereocenters. The van der Waals surface area contributed by atoms with Gasteiger partial charge in [0.05, 0.1) is 11.1 Å². The Hall–Kier alpha value is -4.33. The molecule has 42 heavy (non-hydrogen) atoms.